The van der Waals surface area contributed by atoms with Crippen LogP contribution in [-0.4, -0.2) is 18.3 Å². The molecule has 2 nitrogen and oxygen atoms in total. The summed E-state index contributed by atoms with van der Waals surface area (Å²) in [5, 5.41) is 3.28. The predicted octanol–water partition coefficient (Wildman–Crippen LogP) is 3.46. The molecule has 1 rings (SSSR count). The molecule has 0 unspecified atom stereocenters. The standard InChI is InChI=1S/C10H10BrCl2NO/c11-8-3-2-7(6-9(8)13)10(15)14-5-1-4-12/h2-3,6H,1,4-5H2,(H,14,15). The van der Waals surface area contributed by atoms with Crippen LogP contribution in [0.25, 0.3) is 0 Å². The van der Waals surface area contributed by atoms with Gasteiger partial charge < -0.3 is 5.32 Å². The van der Waals surface area contributed by atoms with Crippen LogP contribution in [0.1, 0.15) is 16.8 Å². The van der Waals surface area contributed by atoms with Gasteiger partial charge in [-0.3, -0.25) is 4.79 Å². The number of carbonyl (C=O) groups excluding carboxylic acids is 1. The largest absolute Gasteiger partial charge is 0.352 e. The van der Waals surface area contributed by atoms with E-state index in [0.717, 1.165) is 10.9 Å². The highest BCUT2D eigenvalue weighted by Gasteiger charge is 2.06. The average molecular weight is 311 g/mol. The summed E-state index contributed by atoms with van der Waals surface area (Å²) in [7, 11) is 0. The van der Waals surface area contributed by atoms with Crippen molar-refractivity contribution in [3.05, 3.63) is 33.3 Å². The summed E-state index contributed by atoms with van der Waals surface area (Å²) in [6.07, 6.45) is 0.761. The number of benzene rings is 1. The van der Waals surface area contributed by atoms with E-state index >= 15 is 0 Å². The van der Waals surface area contributed by atoms with Crippen molar-refractivity contribution in [1.29, 1.82) is 0 Å². The maximum Gasteiger partial charge on any atom is 0.251 e. The molecule has 0 fully saturated rings. The fraction of sp³-hybridized carbons (Fsp3) is 0.300. The second-order valence-corrected chi connectivity index (χ2v) is 4.57. The zero-order valence-electron chi connectivity index (χ0n) is 7.90. The van der Waals surface area contributed by atoms with Crippen LogP contribution in [0.3, 0.4) is 0 Å². The van der Waals surface area contributed by atoms with Crippen molar-refractivity contribution < 1.29 is 4.79 Å². The van der Waals surface area contributed by atoms with Crippen molar-refractivity contribution in [2.45, 2.75) is 6.42 Å². The van der Waals surface area contributed by atoms with Gasteiger partial charge >= 0.3 is 0 Å². The lowest BCUT2D eigenvalue weighted by Crippen LogP contribution is -2.24. The fourth-order valence-electron chi connectivity index (χ4n) is 1.01. The van der Waals surface area contributed by atoms with Gasteiger partial charge in [0.2, 0.25) is 0 Å². The van der Waals surface area contributed by atoms with E-state index in [1.165, 1.54) is 0 Å². The smallest absolute Gasteiger partial charge is 0.251 e. The highest BCUT2D eigenvalue weighted by atomic mass is 79.9. The van der Waals surface area contributed by atoms with Gasteiger partial charge in [-0.2, -0.15) is 0 Å². The van der Waals surface area contributed by atoms with E-state index in [1.807, 2.05) is 0 Å². The molecule has 1 N–H and O–H groups in total. The molecule has 0 aliphatic carbocycles. The van der Waals surface area contributed by atoms with Crippen LogP contribution in [0.5, 0.6) is 0 Å². The maximum absolute atomic E-state index is 11.6. The first-order valence-corrected chi connectivity index (χ1v) is 6.15. The van der Waals surface area contributed by atoms with Crippen LogP contribution in [0.2, 0.25) is 5.02 Å². The first-order valence-electron chi connectivity index (χ1n) is 4.44. The van der Waals surface area contributed by atoms with Crippen LogP contribution in [0, 0.1) is 0 Å². The molecule has 1 amide bonds. The summed E-state index contributed by atoms with van der Waals surface area (Å²) in [6.45, 7) is 0.579. The summed E-state index contributed by atoms with van der Waals surface area (Å²) in [5.74, 6) is 0.413. The summed E-state index contributed by atoms with van der Waals surface area (Å²) in [5.41, 5.74) is 0.553. The van der Waals surface area contributed by atoms with Gasteiger partial charge in [0.25, 0.3) is 5.91 Å². The molecule has 0 aromatic heterocycles. The molecular formula is C10H10BrCl2NO. The van der Waals surface area contributed by atoms with Gasteiger partial charge in [-0.15, -0.1) is 11.6 Å². The van der Waals surface area contributed by atoms with Gasteiger partial charge in [-0.25, -0.2) is 0 Å². The molecule has 0 bridgehead atoms. The van der Waals surface area contributed by atoms with Crippen molar-refractivity contribution in [2.24, 2.45) is 0 Å². The average Bonchev–Trinajstić information content (AvgIpc) is 2.22. The van der Waals surface area contributed by atoms with Crippen molar-refractivity contribution in [1.82, 2.24) is 5.32 Å². The minimum absolute atomic E-state index is 0.130. The van der Waals surface area contributed by atoms with Gasteiger partial charge in [0.15, 0.2) is 0 Å². The Morgan fingerprint density at radius 3 is 2.80 bits per heavy atom. The first kappa shape index (κ1) is 12.8. The van der Waals surface area contributed by atoms with Gasteiger partial charge in [-0.05, 0) is 40.5 Å². The quantitative estimate of drug-likeness (QED) is 0.669. The summed E-state index contributed by atoms with van der Waals surface area (Å²) in [6, 6.07) is 5.09. The second kappa shape index (κ2) is 6.36. The van der Waals surface area contributed by atoms with E-state index in [2.05, 4.69) is 21.2 Å². The molecule has 1 aromatic carbocycles. The molecule has 0 aliphatic rings. The lowest BCUT2D eigenvalue weighted by molar-refractivity contribution is 0.0954. The molecule has 0 atom stereocenters. The Morgan fingerprint density at radius 2 is 2.20 bits per heavy atom. The second-order valence-electron chi connectivity index (χ2n) is 2.93. The zero-order chi connectivity index (χ0) is 11.3. The van der Waals surface area contributed by atoms with Gasteiger partial charge in [0.1, 0.15) is 0 Å². The molecule has 5 heteroatoms. The number of amides is 1. The highest BCUT2D eigenvalue weighted by Crippen LogP contribution is 2.22. The van der Waals surface area contributed by atoms with Crippen LogP contribution in [-0.2, 0) is 0 Å². The normalized spacial score (nSPS) is 10.1. The van der Waals surface area contributed by atoms with Gasteiger partial charge in [0.05, 0.1) is 5.02 Å². The van der Waals surface area contributed by atoms with E-state index in [1.54, 1.807) is 18.2 Å². The van der Waals surface area contributed by atoms with Gasteiger partial charge in [0, 0.05) is 22.5 Å². The molecule has 82 valence electrons. The zero-order valence-corrected chi connectivity index (χ0v) is 11.0. The lowest BCUT2D eigenvalue weighted by Gasteiger charge is -2.04. The van der Waals surface area contributed by atoms with Crippen LogP contribution in [0.15, 0.2) is 22.7 Å². The molecule has 0 spiro atoms. The Morgan fingerprint density at radius 1 is 1.47 bits per heavy atom. The van der Waals surface area contributed by atoms with E-state index < -0.39 is 0 Å². The van der Waals surface area contributed by atoms with Crippen LogP contribution >= 0.6 is 39.1 Å². The molecule has 0 saturated heterocycles. The Bertz CT molecular complexity index is 357. The Kier molecular flexibility index (Phi) is 5.43. The minimum atomic E-state index is -0.130. The molecule has 15 heavy (non-hydrogen) atoms. The number of hydrogen-bond donors (Lipinski definition) is 1. The lowest BCUT2D eigenvalue weighted by atomic mass is 10.2. The Labute approximate surface area is 107 Å². The van der Waals surface area contributed by atoms with Crippen molar-refractivity contribution in [3.63, 3.8) is 0 Å². The van der Waals surface area contributed by atoms with Crippen molar-refractivity contribution >= 4 is 45.0 Å². The third-order valence-electron chi connectivity index (χ3n) is 1.78. The molecule has 0 aliphatic heterocycles. The first-order chi connectivity index (χ1) is 7.15. The van der Waals surface area contributed by atoms with E-state index in [-0.39, 0.29) is 5.91 Å². The van der Waals surface area contributed by atoms with E-state index in [4.69, 9.17) is 23.2 Å². The molecule has 0 radical (unpaired) electrons. The minimum Gasteiger partial charge on any atom is -0.352 e. The monoisotopic (exact) mass is 309 g/mol. The maximum atomic E-state index is 11.6. The van der Waals surface area contributed by atoms with E-state index in [9.17, 15) is 4.79 Å². The molecule has 1 aromatic rings. The number of hydrogen-bond acceptors (Lipinski definition) is 1. The molecule has 0 saturated carbocycles. The highest BCUT2D eigenvalue weighted by molar-refractivity contribution is 9.10. The number of alkyl halides is 1. The third kappa shape index (κ3) is 4.01. The Balaban J connectivity index is 2.62. The van der Waals surface area contributed by atoms with Crippen LogP contribution < -0.4 is 5.32 Å². The van der Waals surface area contributed by atoms with Crippen molar-refractivity contribution in [2.75, 3.05) is 12.4 Å². The predicted molar refractivity (Wildman–Crippen MR) is 66.8 cm³/mol. The summed E-state index contributed by atoms with van der Waals surface area (Å²) in [4.78, 5) is 11.6. The van der Waals surface area contributed by atoms with Crippen molar-refractivity contribution in [3.8, 4) is 0 Å². The Hall–Kier alpha value is -0.250. The number of rotatable bonds is 4. The fourth-order valence-corrected chi connectivity index (χ4v) is 1.57. The SMILES string of the molecule is O=C(NCCCCl)c1ccc(Br)c(Cl)c1. The third-order valence-corrected chi connectivity index (χ3v) is 3.28. The van der Waals surface area contributed by atoms with E-state index in [0.29, 0.717) is 23.0 Å². The van der Waals surface area contributed by atoms with Crippen LogP contribution in [0.4, 0.5) is 0 Å². The topological polar surface area (TPSA) is 29.1 Å². The summed E-state index contributed by atoms with van der Waals surface area (Å²) >= 11 is 14.6. The number of carbonyl (C=O) groups is 1. The molecule has 0 heterocycles. The summed E-state index contributed by atoms with van der Waals surface area (Å²) < 4.78 is 0.779. The number of nitrogens with one attached hydrogen (secondary N) is 1. The molecular weight excluding hydrogens is 301 g/mol. The van der Waals surface area contributed by atoms with Gasteiger partial charge in [-0.1, -0.05) is 11.6 Å². The number of halogens is 3.